The summed E-state index contributed by atoms with van der Waals surface area (Å²) in [6, 6.07) is 5.28. The minimum absolute atomic E-state index is 0.0873. The topological polar surface area (TPSA) is 47.6 Å². The van der Waals surface area contributed by atoms with Crippen molar-refractivity contribution >= 4 is 5.91 Å². The first-order valence-corrected chi connectivity index (χ1v) is 7.53. The molecule has 4 heteroatoms. The van der Waals surface area contributed by atoms with Crippen LogP contribution in [0.4, 0.5) is 0 Å². The van der Waals surface area contributed by atoms with Crippen molar-refractivity contribution in [3.63, 3.8) is 0 Å². The van der Waals surface area contributed by atoms with Crippen LogP contribution in [0.25, 0.3) is 0 Å². The van der Waals surface area contributed by atoms with Crippen LogP contribution < -0.4 is 14.8 Å². The van der Waals surface area contributed by atoms with E-state index in [1.54, 1.807) is 25.3 Å². The van der Waals surface area contributed by atoms with Gasteiger partial charge in [-0.25, -0.2) is 0 Å². The van der Waals surface area contributed by atoms with Gasteiger partial charge < -0.3 is 14.8 Å². The van der Waals surface area contributed by atoms with Gasteiger partial charge in [-0.2, -0.15) is 0 Å². The van der Waals surface area contributed by atoms with Crippen LogP contribution in [-0.2, 0) is 0 Å². The van der Waals surface area contributed by atoms with E-state index in [0.717, 1.165) is 6.42 Å². The van der Waals surface area contributed by atoms with E-state index in [0.29, 0.717) is 42.0 Å². The van der Waals surface area contributed by atoms with Crippen molar-refractivity contribution in [2.75, 3.05) is 20.3 Å². The van der Waals surface area contributed by atoms with Gasteiger partial charge in [0.2, 0.25) is 0 Å². The fourth-order valence-electron chi connectivity index (χ4n) is 1.73. The number of benzene rings is 1. The van der Waals surface area contributed by atoms with E-state index in [-0.39, 0.29) is 5.91 Å². The van der Waals surface area contributed by atoms with Crippen molar-refractivity contribution in [3.05, 3.63) is 23.8 Å². The van der Waals surface area contributed by atoms with Gasteiger partial charge >= 0.3 is 0 Å². The highest BCUT2D eigenvalue weighted by Gasteiger charge is 2.11. The molecule has 0 unspecified atom stereocenters. The van der Waals surface area contributed by atoms with Crippen molar-refractivity contribution in [2.24, 2.45) is 11.8 Å². The van der Waals surface area contributed by atoms with Gasteiger partial charge in [0.15, 0.2) is 11.5 Å². The number of carbonyl (C=O) groups excluding carboxylic acids is 1. The Morgan fingerprint density at radius 1 is 1.14 bits per heavy atom. The third kappa shape index (κ3) is 6.06. The highest BCUT2D eigenvalue weighted by Crippen LogP contribution is 2.28. The summed E-state index contributed by atoms with van der Waals surface area (Å²) in [6.45, 7) is 9.74. The highest BCUT2D eigenvalue weighted by molar-refractivity contribution is 5.94. The van der Waals surface area contributed by atoms with Gasteiger partial charge in [-0.15, -0.1) is 0 Å². The smallest absolute Gasteiger partial charge is 0.251 e. The van der Waals surface area contributed by atoms with Gasteiger partial charge in [-0.3, -0.25) is 4.79 Å². The quantitative estimate of drug-likeness (QED) is 0.798. The standard InChI is InChI=1S/C17H27NO3/c1-12(2)8-9-21-15-7-6-14(10-16(15)20-5)17(19)18-11-13(3)4/h6-7,10,12-13H,8-9,11H2,1-5H3,(H,18,19). The van der Waals surface area contributed by atoms with Gasteiger partial charge in [0.05, 0.1) is 13.7 Å². The molecule has 0 fully saturated rings. The van der Waals surface area contributed by atoms with Gasteiger partial charge in [0, 0.05) is 12.1 Å². The van der Waals surface area contributed by atoms with Crippen LogP contribution in [0.1, 0.15) is 44.5 Å². The fourth-order valence-corrected chi connectivity index (χ4v) is 1.73. The number of nitrogens with one attached hydrogen (secondary N) is 1. The first-order chi connectivity index (χ1) is 9.93. The Morgan fingerprint density at radius 2 is 1.86 bits per heavy atom. The monoisotopic (exact) mass is 293 g/mol. The van der Waals surface area contributed by atoms with Gasteiger partial charge in [0.25, 0.3) is 5.91 Å². The maximum atomic E-state index is 12.0. The number of rotatable bonds is 8. The lowest BCUT2D eigenvalue weighted by atomic mass is 10.1. The Bertz CT molecular complexity index is 455. The number of hydrogen-bond acceptors (Lipinski definition) is 3. The molecule has 21 heavy (non-hydrogen) atoms. The third-order valence-corrected chi connectivity index (χ3v) is 3.05. The number of methoxy groups -OCH3 is 1. The van der Waals surface area contributed by atoms with Crippen LogP contribution in [0.3, 0.4) is 0 Å². The fraction of sp³-hybridized carbons (Fsp3) is 0.588. The Morgan fingerprint density at radius 3 is 2.43 bits per heavy atom. The molecule has 0 heterocycles. The molecule has 0 atom stereocenters. The zero-order chi connectivity index (χ0) is 15.8. The van der Waals surface area contributed by atoms with E-state index < -0.39 is 0 Å². The Labute approximate surface area is 127 Å². The molecule has 4 nitrogen and oxygen atoms in total. The van der Waals surface area contributed by atoms with Crippen LogP contribution >= 0.6 is 0 Å². The molecule has 0 aliphatic carbocycles. The van der Waals surface area contributed by atoms with Crippen LogP contribution in [0.2, 0.25) is 0 Å². The van der Waals surface area contributed by atoms with E-state index in [2.05, 4.69) is 33.0 Å². The van der Waals surface area contributed by atoms with E-state index in [4.69, 9.17) is 9.47 Å². The molecule has 1 rings (SSSR count). The zero-order valence-electron chi connectivity index (χ0n) is 13.7. The first kappa shape index (κ1) is 17.3. The predicted octanol–water partition coefficient (Wildman–Crippen LogP) is 3.51. The molecule has 0 spiro atoms. The summed E-state index contributed by atoms with van der Waals surface area (Å²) < 4.78 is 11.0. The molecule has 0 radical (unpaired) electrons. The van der Waals surface area contributed by atoms with Crippen molar-refractivity contribution in [1.82, 2.24) is 5.32 Å². The van der Waals surface area contributed by atoms with Crippen molar-refractivity contribution in [3.8, 4) is 11.5 Å². The molecule has 1 aromatic carbocycles. The summed E-state index contributed by atoms with van der Waals surface area (Å²) in [7, 11) is 1.58. The van der Waals surface area contributed by atoms with Crippen LogP contribution in [-0.4, -0.2) is 26.2 Å². The normalized spacial score (nSPS) is 10.8. The minimum Gasteiger partial charge on any atom is -0.493 e. The van der Waals surface area contributed by atoms with Crippen molar-refractivity contribution in [1.29, 1.82) is 0 Å². The molecule has 0 bridgehead atoms. The number of amides is 1. The van der Waals surface area contributed by atoms with Crippen molar-refractivity contribution < 1.29 is 14.3 Å². The molecule has 0 saturated heterocycles. The molecular weight excluding hydrogens is 266 g/mol. The van der Waals surface area contributed by atoms with Crippen LogP contribution in [0.5, 0.6) is 11.5 Å². The second-order valence-corrected chi connectivity index (χ2v) is 6.00. The molecule has 0 saturated carbocycles. The average Bonchev–Trinajstić information content (AvgIpc) is 2.44. The summed E-state index contributed by atoms with van der Waals surface area (Å²) in [5.41, 5.74) is 0.587. The molecule has 0 aliphatic heterocycles. The molecule has 0 aromatic heterocycles. The Hall–Kier alpha value is -1.71. The lowest BCUT2D eigenvalue weighted by Crippen LogP contribution is -2.27. The van der Waals surface area contributed by atoms with Gasteiger partial charge in [0.1, 0.15) is 0 Å². The molecular formula is C17H27NO3. The Kier molecular flexibility index (Phi) is 7.06. The number of carbonyl (C=O) groups is 1. The highest BCUT2D eigenvalue weighted by atomic mass is 16.5. The second-order valence-electron chi connectivity index (χ2n) is 6.00. The summed E-state index contributed by atoms with van der Waals surface area (Å²) in [4.78, 5) is 12.0. The maximum absolute atomic E-state index is 12.0. The summed E-state index contributed by atoms with van der Waals surface area (Å²) in [6.07, 6.45) is 0.986. The summed E-state index contributed by atoms with van der Waals surface area (Å²) in [5.74, 6) is 2.21. The van der Waals surface area contributed by atoms with E-state index in [1.165, 1.54) is 0 Å². The van der Waals surface area contributed by atoms with Crippen molar-refractivity contribution in [2.45, 2.75) is 34.1 Å². The average molecular weight is 293 g/mol. The molecule has 1 aromatic rings. The van der Waals surface area contributed by atoms with E-state index in [1.807, 2.05) is 0 Å². The number of ether oxygens (including phenoxy) is 2. The molecule has 118 valence electrons. The number of hydrogen-bond donors (Lipinski definition) is 1. The molecule has 1 N–H and O–H groups in total. The van der Waals surface area contributed by atoms with Gasteiger partial charge in [-0.05, 0) is 36.5 Å². The Balaban J connectivity index is 2.71. The second kappa shape index (κ2) is 8.55. The third-order valence-electron chi connectivity index (χ3n) is 3.05. The minimum atomic E-state index is -0.0873. The molecule has 1 amide bonds. The van der Waals surface area contributed by atoms with E-state index in [9.17, 15) is 4.79 Å². The first-order valence-electron chi connectivity index (χ1n) is 7.53. The van der Waals surface area contributed by atoms with Crippen LogP contribution in [0.15, 0.2) is 18.2 Å². The largest absolute Gasteiger partial charge is 0.493 e. The lowest BCUT2D eigenvalue weighted by molar-refractivity contribution is 0.0948. The zero-order valence-corrected chi connectivity index (χ0v) is 13.7. The maximum Gasteiger partial charge on any atom is 0.251 e. The predicted molar refractivity (Wildman–Crippen MR) is 85.1 cm³/mol. The summed E-state index contributed by atoms with van der Waals surface area (Å²) >= 11 is 0. The van der Waals surface area contributed by atoms with Gasteiger partial charge in [-0.1, -0.05) is 27.7 Å². The SMILES string of the molecule is COc1cc(C(=O)NCC(C)C)ccc1OCCC(C)C. The van der Waals surface area contributed by atoms with Crippen LogP contribution in [0, 0.1) is 11.8 Å². The van der Waals surface area contributed by atoms with E-state index >= 15 is 0 Å². The molecule has 0 aliphatic rings. The lowest BCUT2D eigenvalue weighted by Gasteiger charge is -2.13. The summed E-state index contributed by atoms with van der Waals surface area (Å²) in [5, 5.41) is 2.89.